The lowest BCUT2D eigenvalue weighted by Crippen LogP contribution is -2.73. The fourth-order valence-electron chi connectivity index (χ4n) is 3.10. The van der Waals surface area contributed by atoms with Gasteiger partial charge in [0.25, 0.3) is 0 Å². The first-order chi connectivity index (χ1) is 14.6. The molecule has 3 aromatic carbocycles. The highest BCUT2D eigenvalue weighted by Gasteiger charge is 2.28. The number of halogens is 3. The Kier molecular flexibility index (Phi) is 6.03. The molecule has 0 aromatic heterocycles. The lowest BCUT2D eigenvalue weighted by Gasteiger charge is -2.40. The summed E-state index contributed by atoms with van der Waals surface area (Å²) in [7, 11) is 0. The molecule has 4 rings (SSSR count). The van der Waals surface area contributed by atoms with Gasteiger partial charge in [-0.05, 0) is 36.4 Å². The molecule has 6 N–H and O–H groups in total. The van der Waals surface area contributed by atoms with Gasteiger partial charge >= 0.3 is 0 Å². The molecule has 0 atom stereocenters. The van der Waals surface area contributed by atoms with E-state index in [1.54, 1.807) is 54.6 Å². The third-order valence-electron chi connectivity index (χ3n) is 4.52. The Bertz CT molecular complexity index is 869. The molecular weight excluding hydrogens is 393 g/mol. The molecule has 0 amide bonds. The summed E-state index contributed by atoms with van der Waals surface area (Å²) in [6, 6.07) is 18.7. The summed E-state index contributed by atoms with van der Waals surface area (Å²) in [4.78, 5) is 0. The summed E-state index contributed by atoms with van der Waals surface area (Å²) >= 11 is 0. The maximum atomic E-state index is 14.1. The van der Waals surface area contributed by atoms with Crippen molar-refractivity contribution < 1.29 is 13.2 Å². The van der Waals surface area contributed by atoms with Crippen LogP contribution in [-0.4, -0.2) is 18.9 Å². The van der Waals surface area contributed by atoms with Crippen molar-refractivity contribution in [3.8, 4) is 0 Å². The van der Waals surface area contributed by atoms with Crippen LogP contribution in [0, 0.1) is 17.5 Å². The van der Waals surface area contributed by atoms with Crippen LogP contribution in [0.5, 0.6) is 0 Å². The van der Waals surface area contributed by atoms with E-state index < -0.39 is 36.3 Å². The zero-order valence-corrected chi connectivity index (χ0v) is 15.8. The van der Waals surface area contributed by atoms with Crippen molar-refractivity contribution in [2.24, 2.45) is 0 Å². The van der Waals surface area contributed by atoms with E-state index in [1.807, 2.05) is 0 Å². The van der Waals surface area contributed by atoms with E-state index in [0.29, 0.717) is 0 Å². The summed E-state index contributed by atoms with van der Waals surface area (Å²) in [6.45, 7) is 0. The monoisotopic (exact) mass is 414 g/mol. The number of hydrogen-bond donors (Lipinski definition) is 6. The van der Waals surface area contributed by atoms with E-state index in [4.69, 9.17) is 0 Å². The average Bonchev–Trinajstić information content (AvgIpc) is 2.73. The van der Waals surface area contributed by atoms with Gasteiger partial charge in [-0.1, -0.05) is 36.4 Å². The Hall–Kier alpha value is -3.27. The van der Waals surface area contributed by atoms with Gasteiger partial charge in [0.05, 0.1) is 17.1 Å². The highest BCUT2D eigenvalue weighted by atomic mass is 19.1. The molecule has 1 saturated heterocycles. The second-order valence-corrected chi connectivity index (χ2v) is 6.67. The average molecular weight is 414 g/mol. The number of hydrogen-bond acceptors (Lipinski definition) is 6. The maximum absolute atomic E-state index is 14.1. The minimum atomic E-state index is -0.628. The Morgan fingerprint density at radius 3 is 1.00 bits per heavy atom. The van der Waals surface area contributed by atoms with Gasteiger partial charge in [-0.3, -0.25) is 16.0 Å². The first-order valence-electron chi connectivity index (χ1n) is 9.40. The van der Waals surface area contributed by atoms with Crippen LogP contribution < -0.4 is 31.9 Å². The largest absolute Gasteiger partial charge is 0.355 e. The number of rotatable bonds is 6. The van der Waals surface area contributed by atoms with Crippen molar-refractivity contribution in [3.63, 3.8) is 0 Å². The molecule has 0 spiro atoms. The van der Waals surface area contributed by atoms with Gasteiger partial charge in [0.2, 0.25) is 0 Å². The minimum absolute atomic E-state index is 0.277. The highest BCUT2D eigenvalue weighted by molar-refractivity contribution is 5.48. The molecule has 156 valence electrons. The quantitative estimate of drug-likeness (QED) is 0.372. The van der Waals surface area contributed by atoms with Crippen LogP contribution in [0.4, 0.5) is 30.2 Å². The number of nitrogens with one attached hydrogen (secondary N) is 6. The summed E-state index contributed by atoms with van der Waals surface area (Å²) in [5.41, 5.74) is 0.830. The molecular formula is C21H21F3N6. The zero-order chi connectivity index (χ0) is 20.9. The van der Waals surface area contributed by atoms with E-state index in [0.717, 1.165) is 0 Å². The molecule has 3 aromatic rings. The van der Waals surface area contributed by atoms with E-state index >= 15 is 0 Å². The Labute approximate surface area is 171 Å². The molecule has 1 fully saturated rings. The number of anilines is 3. The van der Waals surface area contributed by atoms with Crippen LogP contribution in [0.3, 0.4) is 0 Å². The highest BCUT2D eigenvalue weighted by Crippen LogP contribution is 2.17. The second-order valence-electron chi connectivity index (χ2n) is 6.67. The molecule has 0 aliphatic carbocycles. The third kappa shape index (κ3) is 4.82. The first-order valence-corrected chi connectivity index (χ1v) is 9.40. The van der Waals surface area contributed by atoms with Gasteiger partial charge in [0, 0.05) is 0 Å². The second kappa shape index (κ2) is 9.04. The lowest BCUT2D eigenvalue weighted by molar-refractivity contribution is 0.247. The van der Waals surface area contributed by atoms with Gasteiger partial charge < -0.3 is 16.0 Å². The molecule has 6 nitrogen and oxygen atoms in total. The standard InChI is InChI=1S/C21H21F3N6/c22-13-7-1-4-10-16(13)25-19-28-20(26-17-11-5-2-8-14(17)23)30-21(29-19)27-18-12-6-3-9-15(18)24/h1-12,19-21,25-30H. The van der Waals surface area contributed by atoms with Crippen LogP contribution in [0.2, 0.25) is 0 Å². The molecule has 1 heterocycles. The molecule has 0 bridgehead atoms. The number of para-hydroxylation sites is 3. The third-order valence-corrected chi connectivity index (χ3v) is 4.52. The van der Waals surface area contributed by atoms with Crippen molar-refractivity contribution >= 4 is 17.1 Å². The predicted molar refractivity (Wildman–Crippen MR) is 111 cm³/mol. The first kappa shape index (κ1) is 20.0. The minimum Gasteiger partial charge on any atom is -0.355 e. The fourth-order valence-corrected chi connectivity index (χ4v) is 3.10. The van der Waals surface area contributed by atoms with Crippen LogP contribution in [0.15, 0.2) is 72.8 Å². The van der Waals surface area contributed by atoms with E-state index in [9.17, 15) is 13.2 Å². The van der Waals surface area contributed by atoms with Gasteiger partial charge in [0.15, 0.2) is 0 Å². The van der Waals surface area contributed by atoms with Crippen molar-refractivity contribution in [1.82, 2.24) is 16.0 Å². The van der Waals surface area contributed by atoms with Crippen molar-refractivity contribution in [2.75, 3.05) is 16.0 Å². The smallest absolute Gasteiger partial charge is 0.146 e. The molecule has 1 aliphatic rings. The van der Waals surface area contributed by atoms with Crippen LogP contribution >= 0.6 is 0 Å². The van der Waals surface area contributed by atoms with Gasteiger partial charge in [-0.25, -0.2) is 13.2 Å². The fraction of sp³-hybridized carbons (Fsp3) is 0.143. The molecule has 0 saturated carbocycles. The topological polar surface area (TPSA) is 72.2 Å². The zero-order valence-electron chi connectivity index (χ0n) is 15.8. The molecule has 1 aliphatic heterocycles. The van der Waals surface area contributed by atoms with Gasteiger partial charge in [0.1, 0.15) is 36.3 Å². The van der Waals surface area contributed by atoms with Crippen LogP contribution in [-0.2, 0) is 0 Å². The van der Waals surface area contributed by atoms with Crippen molar-refractivity contribution in [1.29, 1.82) is 0 Å². The maximum Gasteiger partial charge on any atom is 0.146 e. The Morgan fingerprint density at radius 2 is 0.733 bits per heavy atom. The molecule has 9 heteroatoms. The van der Waals surface area contributed by atoms with Crippen LogP contribution in [0.1, 0.15) is 0 Å². The number of benzene rings is 3. The summed E-state index contributed by atoms with van der Waals surface area (Å²) in [6.07, 6.45) is -1.88. The Balaban J connectivity index is 1.53. The molecule has 0 radical (unpaired) electrons. The van der Waals surface area contributed by atoms with E-state index in [-0.39, 0.29) is 17.1 Å². The van der Waals surface area contributed by atoms with Gasteiger partial charge in [-0.2, -0.15) is 0 Å². The van der Waals surface area contributed by atoms with Crippen LogP contribution in [0.25, 0.3) is 0 Å². The Morgan fingerprint density at radius 1 is 0.467 bits per heavy atom. The summed E-state index contributed by atoms with van der Waals surface area (Å²) in [5, 5.41) is 18.4. The van der Waals surface area contributed by atoms with Crippen molar-refractivity contribution in [3.05, 3.63) is 90.2 Å². The lowest BCUT2D eigenvalue weighted by atomic mass is 10.3. The van der Waals surface area contributed by atoms with Crippen molar-refractivity contribution in [2.45, 2.75) is 18.9 Å². The predicted octanol–water partition coefficient (Wildman–Crippen LogP) is 3.37. The van der Waals surface area contributed by atoms with Gasteiger partial charge in [-0.15, -0.1) is 0 Å². The molecule has 30 heavy (non-hydrogen) atoms. The van der Waals surface area contributed by atoms with E-state index in [2.05, 4.69) is 31.9 Å². The molecule has 0 unspecified atom stereocenters. The SMILES string of the molecule is Fc1ccccc1NC1NC(Nc2ccccc2F)NC(Nc2ccccc2F)N1. The van der Waals surface area contributed by atoms with E-state index in [1.165, 1.54) is 18.2 Å². The summed E-state index contributed by atoms with van der Waals surface area (Å²) in [5.74, 6) is -1.26. The normalized spacial score (nSPS) is 21.1. The summed E-state index contributed by atoms with van der Waals surface area (Å²) < 4.78 is 42.2.